The molecule has 0 radical (unpaired) electrons. The summed E-state index contributed by atoms with van der Waals surface area (Å²) in [5, 5.41) is 10.1. The normalized spacial score (nSPS) is 16.7. The number of hydrogen-bond acceptors (Lipinski definition) is 4. The van der Waals surface area contributed by atoms with Crippen molar-refractivity contribution in [2.75, 3.05) is 19.7 Å². The van der Waals surface area contributed by atoms with Gasteiger partial charge in [-0.05, 0) is 32.0 Å². The monoisotopic (exact) mass is 252 g/mol. The van der Waals surface area contributed by atoms with Crippen molar-refractivity contribution < 1.29 is 9.53 Å². The van der Waals surface area contributed by atoms with Crippen LogP contribution in [0.4, 0.5) is 0 Å². The number of aryl methyl sites for hydroxylation is 1. The average molecular weight is 252 g/mol. The van der Waals surface area contributed by atoms with E-state index in [1.807, 2.05) is 13.1 Å². The first-order chi connectivity index (χ1) is 8.75. The number of rotatable bonds is 5. The molecule has 0 aliphatic carbocycles. The zero-order valence-corrected chi connectivity index (χ0v) is 10.7. The third kappa shape index (κ3) is 3.82. The van der Waals surface area contributed by atoms with Gasteiger partial charge in [0, 0.05) is 13.2 Å². The van der Waals surface area contributed by atoms with Crippen molar-refractivity contribution in [1.82, 2.24) is 20.4 Å². The summed E-state index contributed by atoms with van der Waals surface area (Å²) in [5.41, 5.74) is 0.977. The van der Waals surface area contributed by atoms with Crippen LogP contribution in [0.15, 0.2) is 12.3 Å². The van der Waals surface area contributed by atoms with Crippen molar-refractivity contribution in [3.8, 4) is 0 Å². The van der Waals surface area contributed by atoms with Crippen LogP contribution in [0.1, 0.15) is 18.5 Å². The molecule has 2 N–H and O–H groups in total. The Bertz CT molecular complexity index is 385. The minimum absolute atomic E-state index is 0.0743. The topological polar surface area (TPSA) is 68.2 Å². The van der Waals surface area contributed by atoms with Gasteiger partial charge in [-0.15, -0.1) is 0 Å². The largest absolute Gasteiger partial charge is 0.368 e. The lowest BCUT2D eigenvalue weighted by molar-refractivity contribution is -0.128. The number of piperidine rings is 1. The van der Waals surface area contributed by atoms with Crippen LogP contribution in [0.3, 0.4) is 0 Å². The molecule has 2 heterocycles. The third-order valence-corrected chi connectivity index (χ3v) is 3.13. The first kappa shape index (κ1) is 13.0. The first-order valence-corrected chi connectivity index (χ1v) is 6.31. The highest BCUT2D eigenvalue weighted by Gasteiger charge is 2.14. The second-order valence-corrected chi connectivity index (χ2v) is 4.48. The smallest absolute Gasteiger partial charge is 0.246 e. The van der Waals surface area contributed by atoms with Crippen LogP contribution in [-0.2, 0) is 23.1 Å². The minimum atomic E-state index is -0.0743. The molecule has 100 valence electrons. The Hall–Kier alpha value is -1.40. The predicted octanol–water partition coefficient (Wildman–Crippen LogP) is -0.195. The maximum absolute atomic E-state index is 11.6. The molecule has 2 rings (SSSR count). The molecule has 6 heteroatoms. The van der Waals surface area contributed by atoms with Gasteiger partial charge >= 0.3 is 0 Å². The maximum atomic E-state index is 11.6. The van der Waals surface area contributed by atoms with E-state index in [1.54, 1.807) is 10.9 Å². The number of aromatic nitrogens is 2. The van der Waals surface area contributed by atoms with Gasteiger partial charge in [0.1, 0.15) is 6.61 Å². The summed E-state index contributed by atoms with van der Waals surface area (Å²) in [6.45, 7) is 2.58. The number of ether oxygens (including phenoxy) is 1. The van der Waals surface area contributed by atoms with Crippen LogP contribution >= 0.6 is 0 Å². The lowest BCUT2D eigenvalue weighted by Gasteiger charge is -2.22. The zero-order chi connectivity index (χ0) is 12.8. The fraction of sp³-hybridized carbons (Fsp3) is 0.667. The summed E-state index contributed by atoms with van der Waals surface area (Å²) in [7, 11) is 1.85. The van der Waals surface area contributed by atoms with Crippen molar-refractivity contribution in [2.24, 2.45) is 7.05 Å². The molecule has 0 unspecified atom stereocenters. The Morgan fingerprint density at radius 3 is 3.06 bits per heavy atom. The molecule has 0 aromatic carbocycles. The van der Waals surface area contributed by atoms with Crippen molar-refractivity contribution in [2.45, 2.75) is 25.5 Å². The summed E-state index contributed by atoms with van der Waals surface area (Å²) in [6.07, 6.45) is 3.89. The minimum Gasteiger partial charge on any atom is -0.368 e. The number of carbonyl (C=O) groups is 1. The van der Waals surface area contributed by atoms with Crippen LogP contribution in [0, 0.1) is 0 Å². The van der Waals surface area contributed by atoms with Crippen LogP contribution in [0.2, 0.25) is 0 Å². The summed E-state index contributed by atoms with van der Waals surface area (Å²) >= 11 is 0. The van der Waals surface area contributed by atoms with Gasteiger partial charge in [-0.25, -0.2) is 0 Å². The van der Waals surface area contributed by atoms with Crippen LogP contribution in [0.25, 0.3) is 0 Å². The highest BCUT2D eigenvalue weighted by Crippen LogP contribution is 2.06. The van der Waals surface area contributed by atoms with Crippen LogP contribution in [0.5, 0.6) is 0 Å². The summed E-state index contributed by atoms with van der Waals surface area (Å²) in [5.74, 6) is -0.0743. The second-order valence-electron chi connectivity index (χ2n) is 4.48. The van der Waals surface area contributed by atoms with Gasteiger partial charge in [0.2, 0.25) is 5.91 Å². The van der Waals surface area contributed by atoms with Crippen LogP contribution < -0.4 is 10.6 Å². The van der Waals surface area contributed by atoms with E-state index < -0.39 is 0 Å². The molecular formula is C12H20N4O2. The molecule has 1 fully saturated rings. The van der Waals surface area contributed by atoms with E-state index in [0.717, 1.165) is 31.6 Å². The molecule has 6 nitrogen and oxygen atoms in total. The maximum Gasteiger partial charge on any atom is 0.246 e. The van der Waals surface area contributed by atoms with E-state index in [9.17, 15) is 4.79 Å². The average Bonchev–Trinajstić information content (AvgIpc) is 2.81. The molecule has 0 atom stereocenters. The van der Waals surface area contributed by atoms with E-state index in [4.69, 9.17) is 4.74 Å². The lowest BCUT2D eigenvalue weighted by atomic mass is 10.1. The molecule has 0 spiro atoms. The molecule has 0 bridgehead atoms. The van der Waals surface area contributed by atoms with Crippen LogP contribution in [-0.4, -0.2) is 41.5 Å². The Kier molecular flexibility index (Phi) is 4.72. The Morgan fingerprint density at radius 1 is 1.61 bits per heavy atom. The van der Waals surface area contributed by atoms with Gasteiger partial charge in [-0.1, -0.05) is 0 Å². The summed E-state index contributed by atoms with van der Waals surface area (Å²) < 4.78 is 7.31. The Morgan fingerprint density at radius 2 is 2.39 bits per heavy atom. The van der Waals surface area contributed by atoms with Gasteiger partial charge < -0.3 is 15.4 Å². The summed E-state index contributed by atoms with van der Waals surface area (Å²) in [6, 6.07) is 1.88. The quantitative estimate of drug-likeness (QED) is 0.762. The predicted molar refractivity (Wildman–Crippen MR) is 66.9 cm³/mol. The number of nitrogens with one attached hydrogen (secondary N) is 2. The van der Waals surface area contributed by atoms with Crippen molar-refractivity contribution >= 4 is 5.91 Å². The van der Waals surface area contributed by atoms with E-state index >= 15 is 0 Å². The number of hydrogen-bond donors (Lipinski definition) is 2. The zero-order valence-electron chi connectivity index (χ0n) is 10.7. The molecular weight excluding hydrogens is 232 g/mol. The molecule has 18 heavy (non-hydrogen) atoms. The van der Waals surface area contributed by atoms with Gasteiger partial charge in [0.15, 0.2) is 0 Å². The standard InChI is InChI=1S/C12H20N4O2/c1-16-10(2-7-15-16)8-14-12(17)9-18-11-3-5-13-6-4-11/h2,7,11,13H,3-6,8-9H2,1H3,(H,14,17). The molecule has 1 saturated heterocycles. The molecule has 0 saturated carbocycles. The van der Waals surface area contributed by atoms with E-state index in [-0.39, 0.29) is 18.6 Å². The first-order valence-electron chi connectivity index (χ1n) is 6.31. The van der Waals surface area contributed by atoms with E-state index in [1.165, 1.54) is 0 Å². The molecule has 1 amide bonds. The number of carbonyl (C=O) groups excluding carboxylic acids is 1. The highest BCUT2D eigenvalue weighted by molar-refractivity contribution is 5.77. The molecule has 1 aromatic heterocycles. The van der Waals surface area contributed by atoms with Crippen molar-refractivity contribution in [3.63, 3.8) is 0 Å². The van der Waals surface area contributed by atoms with Crippen molar-refractivity contribution in [3.05, 3.63) is 18.0 Å². The SMILES string of the molecule is Cn1nccc1CNC(=O)COC1CCNCC1. The number of nitrogens with zero attached hydrogens (tertiary/aromatic N) is 2. The summed E-state index contributed by atoms with van der Waals surface area (Å²) in [4.78, 5) is 11.6. The second kappa shape index (κ2) is 6.51. The lowest BCUT2D eigenvalue weighted by Crippen LogP contribution is -2.35. The Balaban J connectivity index is 1.64. The molecule has 1 aliphatic heterocycles. The molecule has 1 aliphatic rings. The van der Waals surface area contributed by atoms with E-state index in [0.29, 0.717) is 6.54 Å². The fourth-order valence-electron chi connectivity index (χ4n) is 1.97. The molecule has 1 aromatic rings. The van der Waals surface area contributed by atoms with Gasteiger partial charge in [-0.2, -0.15) is 5.10 Å². The van der Waals surface area contributed by atoms with E-state index in [2.05, 4.69) is 15.7 Å². The van der Waals surface area contributed by atoms with Gasteiger partial charge in [0.25, 0.3) is 0 Å². The third-order valence-electron chi connectivity index (χ3n) is 3.13. The van der Waals surface area contributed by atoms with Gasteiger partial charge in [-0.3, -0.25) is 9.48 Å². The Labute approximate surface area is 107 Å². The van der Waals surface area contributed by atoms with Crippen molar-refractivity contribution in [1.29, 1.82) is 0 Å². The highest BCUT2D eigenvalue weighted by atomic mass is 16.5. The fourth-order valence-corrected chi connectivity index (χ4v) is 1.97. The number of amides is 1. The van der Waals surface area contributed by atoms with Gasteiger partial charge in [0.05, 0.1) is 18.3 Å².